The number of hydrogen-bond donors (Lipinski definition) is 0. The fourth-order valence-electron chi connectivity index (χ4n) is 4.64. The van der Waals surface area contributed by atoms with Crippen LogP contribution in [-0.4, -0.2) is 59.9 Å². The Balaban J connectivity index is 1.49. The normalized spacial score (nSPS) is 16.6. The number of carbonyl (C=O) groups excluding carboxylic acids is 1. The lowest BCUT2D eigenvalue weighted by atomic mass is 10.0. The third kappa shape index (κ3) is 4.59. The van der Waals surface area contributed by atoms with E-state index in [2.05, 4.69) is 9.80 Å². The molecule has 2 aliphatic heterocycles. The lowest BCUT2D eigenvalue weighted by molar-refractivity contribution is -0.385. The molecule has 174 valence electrons. The number of rotatable bonds is 5. The van der Waals surface area contributed by atoms with Crippen LogP contribution in [0, 0.1) is 27.2 Å². The van der Waals surface area contributed by atoms with E-state index in [4.69, 9.17) is 0 Å². The molecule has 1 amide bonds. The van der Waals surface area contributed by atoms with Crippen LogP contribution in [0.2, 0.25) is 0 Å². The molecular formula is C23H27N5O5. The maximum absolute atomic E-state index is 13.0. The van der Waals surface area contributed by atoms with Crippen molar-refractivity contribution in [1.29, 1.82) is 0 Å². The van der Waals surface area contributed by atoms with E-state index in [1.807, 2.05) is 6.07 Å². The first-order chi connectivity index (χ1) is 15.9. The van der Waals surface area contributed by atoms with Crippen LogP contribution in [0.15, 0.2) is 36.4 Å². The second-order valence-corrected chi connectivity index (χ2v) is 8.46. The van der Waals surface area contributed by atoms with E-state index in [9.17, 15) is 25.0 Å². The molecule has 0 aromatic heterocycles. The summed E-state index contributed by atoms with van der Waals surface area (Å²) >= 11 is 0. The first-order valence-corrected chi connectivity index (χ1v) is 11.2. The number of nitro benzene ring substituents is 2. The quantitative estimate of drug-likeness (QED) is 0.500. The summed E-state index contributed by atoms with van der Waals surface area (Å²) in [7, 11) is 0. The smallest absolute Gasteiger partial charge is 0.292 e. The molecule has 0 N–H and O–H groups in total. The van der Waals surface area contributed by atoms with E-state index < -0.39 is 4.92 Å². The fraction of sp³-hybridized carbons (Fsp3) is 0.435. The molecule has 4 rings (SSSR count). The van der Waals surface area contributed by atoms with Gasteiger partial charge in [0.15, 0.2) is 0 Å². The molecule has 2 aromatic rings. The van der Waals surface area contributed by atoms with Gasteiger partial charge in [-0.1, -0.05) is 6.07 Å². The van der Waals surface area contributed by atoms with Crippen molar-refractivity contribution in [2.24, 2.45) is 0 Å². The minimum absolute atomic E-state index is 0.0596. The number of nitrogens with zero attached hydrogens (tertiary/aromatic N) is 5. The van der Waals surface area contributed by atoms with Gasteiger partial charge >= 0.3 is 0 Å². The van der Waals surface area contributed by atoms with Gasteiger partial charge in [0.05, 0.1) is 9.85 Å². The Morgan fingerprint density at radius 1 is 0.818 bits per heavy atom. The van der Waals surface area contributed by atoms with Gasteiger partial charge in [-0.25, -0.2) is 0 Å². The number of hydrogen-bond acceptors (Lipinski definition) is 7. The number of anilines is 2. The summed E-state index contributed by atoms with van der Waals surface area (Å²) in [4.78, 5) is 40.9. The Kier molecular flexibility index (Phi) is 6.43. The maximum atomic E-state index is 13.0. The third-order valence-corrected chi connectivity index (χ3v) is 6.52. The van der Waals surface area contributed by atoms with Crippen molar-refractivity contribution in [3.63, 3.8) is 0 Å². The zero-order valence-corrected chi connectivity index (χ0v) is 18.6. The summed E-state index contributed by atoms with van der Waals surface area (Å²) in [5.41, 5.74) is 2.34. The maximum Gasteiger partial charge on any atom is 0.292 e. The predicted octanol–water partition coefficient (Wildman–Crippen LogP) is 3.76. The SMILES string of the molecule is Cc1c(C(=O)N2CCN(c3ccc([N+](=O)[O-])c(N4CCCCC4)c3)CC2)cccc1[N+](=O)[O-]. The summed E-state index contributed by atoms with van der Waals surface area (Å²) < 4.78 is 0. The topological polar surface area (TPSA) is 113 Å². The molecule has 0 unspecified atom stereocenters. The fourth-order valence-corrected chi connectivity index (χ4v) is 4.64. The Hall–Kier alpha value is -3.69. The molecule has 0 bridgehead atoms. The second kappa shape index (κ2) is 9.43. The van der Waals surface area contributed by atoms with Gasteiger partial charge in [0, 0.05) is 68.2 Å². The van der Waals surface area contributed by atoms with Gasteiger partial charge in [-0.2, -0.15) is 0 Å². The summed E-state index contributed by atoms with van der Waals surface area (Å²) in [6.45, 7) is 5.33. The number of benzene rings is 2. The molecule has 10 nitrogen and oxygen atoms in total. The Morgan fingerprint density at radius 2 is 1.48 bits per heavy atom. The van der Waals surface area contributed by atoms with E-state index in [1.54, 1.807) is 30.0 Å². The highest BCUT2D eigenvalue weighted by Gasteiger charge is 2.27. The molecule has 2 saturated heterocycles. The molecule has 0 radical (unpaired) electrons. The predicted molar refractivity (Wildman–Crippen MR) is 125 cm³/mol. The van der Waals surface area contributed by atoms with Gasteiger partial charge in [0.2, 0.25) is 0 Å². The Labute approximate surface area is 191 Å². The number of nitro groups is 2. The highest BCUT2D eigenvalue weighted by atomic mass is 16.6. The summed E-state index contributed by atoms with van der Waals surface area (Å²) in [6.07, 6.45) is 3.20. The molecule has 33 heavy (non-hydrogen) atoms. The summed E-state index contributed by atoms with van der Waals surface area (Å²) in [5.74, 6) is -0.214. The van der Waals surface area contributed by atoms with Crippen molar-refractivity contribution in [2.45, 2.75) is 26.2 Å². The third-order valence-electron chi connectivity index (χ3n) is 6.52. The highest BCUT2D eigenvalue weighted by molar-refractivity contribution is 5.96. The van der Waals surface area contributed by atoms with Crippen LogP contribution in [-0.2, 0) is 0 Å². The highest BCUT2D eigenvalue weighted by Crippen LogP contribution is 2.34. The lowest BCUT2D eigenvalue weighted by Crippen LogP contribution is -2.49. The van der Waals surface area contributed by atoms with E-state index in [-0.39, 0.29) is 22.2 Å². The summed E-state index contributed by atoms with van der Waals surface area (Å²) in [6, 6.07) is 9.80. The van der Waals surface area contributed by atoms with Crippen LogP contribution in [0.4, 0.5) is 22.7 Å². The van der Waals surface area contributed by atoms with E-state index in [0.717, 1.165) is 38.0 Å². The lowest BCUT2D eigenvalue weighted by Gasteiger charge is -2.37. The molecule has 2 aliphatic rings. The van der Waals surface area contributed by atoms with Gasteiger partial charge in [-0.15, -0.1) is 0 Å². The van der Waals surface area contributed by atoms with Crippen LogP contribution >= 0.6 is 0 Å². The van der Waals surface area contributed by atoms with E-state index in [1.165, 1.54) is 12.1 Å². The average molecular weight is 453 g/mol. The van der Waals surface area contributed by atoms with Crippen molar-refractivity contribution >= 4 is 28.7 Å². The van der Waals surface area contributed by atoms with Crippen molar-refractivity contribution < 1.29 is 14.6 Å². The number of piperazine rings is 1. The Morgan fingerprint density at radius 3 is 2.12 bits per heavy atom. The van der Waals surface area contributed by atoms with Gasteiger partial charge in [0.1, 0.15) is 5.69 Å². The zero-order valence-electron chi connectivity index (χ0n) is 18.6. The number of amides is 1. The second-order valence-electron chi connectivity index (χ2n) is 8.46. The van der Waals surface area contributed by atoms with Crippen molar-refractivity contribution in [2.75, 3.05) is 49.1 Å². The van der Waals surface area contributed by atoms with Crippen molar-refractivity contribution in [1.82, 2.24) is 4.90 Å². The molecular weight excluding hydrogens is 426 g/mol. The van der Waals surface area contributed by atoms with Crippen LogP contribution < -0.4 is 9.80 Å². The summed E-state index contributed by atoms with van der Waals surface area (Å²) in [5, 5.41) is 22.8. The number of carbonyl (C=O) groups is 1. The first kappa shape index (κ1) is 22.5. The van der Waals surface area contributed by atoms with Crippen molar-refractivity contribution in [3.8, 4) is 0 Å². The molecule has 10 heteroatoms. The van der Waals surface area contributed by atoms with Crippen molar-refractivity contribution in [3.05, 3.63) is 67.8 Å². The molecule has 2 aromatic carbocycles. The first-order valence-electron chi connectivity index (χ1n) is 11.2. The van der Waals surface area contributed by atoms with Crippen LogP contribution in [0.25, 0.3) is 0 Å². The van der Waals surface area contributed by atoms with Gasteiger partial charge in [0.25, 0.3) is 17.3 Å². The average Bonchev–Trinajstić information content (AvgIpc) is 2.84. The molecule has 0 aliphatic carbocycles. The van der Waals surface area contributed by atoms with Crippen LogP contribution in [0.1, 0.15) is 35.2 Å². The molecule has 2 heterocycles. The minimum Gasteiger partial charge on any atom is -0.368 e. The number of piperidine rings is 1. The monoisotopic (exact) mass is 453 g/mol. The molecule has 0 atom stereocenters. The Bertz CT molecular complexity index is 1070. The van der Waals surface area contributed by atoms with E-state index in [0.29, 0.717) is 43.0 Å². The standard InChI is InChI=1S/C23H27N5O5/c1-17-19(6-5-7-20(17)27(30)31)23(29)26-14-12-24(13-15-26)18-8-9-21(28(32)33)22(16-18)25-10-3-2-4-11-25/h5-9,16H,2-4,10-15H2,1H3. The zero-order chi connectivity index (χ0) is 23.5. The molecule has 0 spiro atoms. The van der Waals surface area contributed by atoms with Crippen LogP contribution in [0.5, 0.6) is 0 Å². The molecule has 2 fully saturated rings. The van der Waals surface area contributed by atoms with Gasteiger partial charge in [-0.3, -0.25) is 25.0 Å². The van der Waals surface area contributed by atoms with Gasteiger partial charge < -0.3 is 14.7 Å². The molecule has 0 saturated carbocycles. The van der Waals surface area contributed by atoms with Crippen LogP contribution in [0.3, 0.4) is 0 Å². The largest absolute Gasteiger partial charge is 0.368 e. The van der Waals surface area contributed by atoms with E-state index >= 15 is 0 Å². The van der Waals surface area contributed by atoms with Gasteiger partial charge in [-0.05, 0) is 44.4 Å². The minimum atomic E-state index is -0.474.